The maximum Gasteiger partial charge on any atom is 0.0688 e. The molecular weight excluding hydrogens is 214 g/mol. The molecule has 96 valence electrons. The predicted molar refractivity (Wildman–Crippen MR) is 70.0 cm³/mol. The summed E-state index contributed by atoms with van der Waals surface area (Å²) in [5.74, 6) is 0. The first-order valence-electron chi connectivity index (χ1n) is 6.22. The summed E-state index contributed by atoms with van der Waals surface area (Å²) in [4.78, 5) is 0. The van der Waals surface area contributed by atoms with Gasteiger partial charge in [-0.25, -0.2) is 0 Å². The van der Waals surface area contributed by atoms with E-state index in [1.54, 1.807) is 0 Å². The van der Waals surface area contributed by atoms with Gasteiger partial charge in [-0.3, -0.25) is 0 Å². The van der Waals surface area contributed by atoms with E-state index < -0.39 is 5.54 Å². The fourth-order valence-electron chi connectivity index (χ4n) is 1.91. The first-order valence-corrected chi connectivity index (χ1v) is 6.22. The summed E-state index contributed by atoms with van der Waals surface area (Å²) < 4.78 is 5.51. The quantitative estimate of drug-likeness (QED) is 0.679. The van der Waals surface area contributed by atoms with Gasteiger partial charge >= 0.3 is 0 Å². The van der Waals surface area contributed by atoms with Gasteiger partial charge in [-0.15, -0.1) is 0 Å². The van der Waals surface area contributed by atoms with Gasteiger partial charge in [0.2, 0.25) is 0 Å². The van der Waals surface area contributed by atoms with Gasteiger partial charge in [0.15, 0.2) is 0 Å². The van der Waals surface area contributed by atoms with Crippen LogP contribution in [-0.2, 0) is 10.3 Å². The van der Waals surface area contributed by atoms with Crippen LogP contribution in [0.15, 0.2) is 30.3 Å². The average molecular weight is 237 g/mol. The molecule has 2 N–H and O–H groups in total. The van der Waals surface area contributed by atoms with Crippen LogP contribution in [0.4, 0.5) is 0 Å². The minimum atomic E-state index is -0.394. The van der Waals surface area contributed by atoms with Crippen LogP contribution in [0.3, 0.4) is 0 Å². The van der Waals surface area contributed by atoms with Crippen molar-refractivity contribution in [3.8, 4) is 0 Å². The second-order valence-corrected chi connectivity index (χ2v) is 4.22. The fourth-order valence-corrected chi connectivity index (χ4v) is 1.91. The van der Waals surface area contributed by atoms with Gasteiger partial charge in [0.05, 0.1) is 12.1 Å². The van der Waals surface area contributed by atoms with E-state index in [0.717, 1.165) is 25.0 Å². The molecule has 0 bridgehead atoms. The zero-order chi connectivity index (χ0) is 12.6. The molecule has 1 unspecified atom stereocenters. The Morgan fingerprint density at radius 3 is 2.47 bits per heavy atom. The van der Waals surface area contributed by atoms with Gasteiger partial charge in [-0.1, -0.05) is 37.3 Å². The summed E-state index contributed by atoms with van der Waals surface area (Å²) in [5, 5.41) is 12.9. The van der Waals surface area contributed by atoms with Gasteiger partial charge in [-0.05, 0) is 25.5 Å². The van der Waals surface area contributed by atoms with Gasteiger partial charge in [0.25, 0.3) is 0 Å². The smallest absolute Gasteiger partial charge is 0.0688 e. The highest BCUT2D eigenvalue weighted by Gasteiger charge is 2.28. The van der Waals surface area contributed by atoms with E-state index in [0.29, 0.717) is 6.61 Å². The second-order valence-electron chi connectivity index (χ2n) is 4.22. The van der Waals surface area contributed by atoms with Crippen LogP contribution < -0.4 is 5.32 Å². The number of aliphatic hydroxyl groups excluding tert-OH is 1. The molecule has 0 aliphatic carbocycles. The number of aliphatic hydroxyl groups is 1. The molecule has 0 saturated carbocycles. The molecule has 0 saturated heterocycles. The molecular formula is C14H23NO2. The van der Waals surface area contributed by atoms with Crippen molar-refractivity contribution >= 4 is 0 Å². The molecule has 0 radical (unpaired) electrons. The molecule has 1 aromatic rings. The largest absolute Gasteiger partial charge is 0.394 e. The number of nitrogens with one attached hydrogen (secondary N) is 1. The molecule has 0 aliphatic heterocycles. The Balaban J connectivity index is 2.68. The molecule has 3 heteroatoms. The van der Waals surface area contributed by atoms with Gasteiger partial charge < -0.3 is 15.2 Å². The molecule has 1 atom stereocenters. The summed E-state index contributed by atoms with van der Waals surface area (Å²) in [6.07, 6.45) is 1.79. The third-order valence-corrected chi connectivity index (χ3v) is 3.10. The molecule has 0 aromatic heterocycles. The maximum absolute atomic E-state index is 9.67. The number of rotatable bonds is 8. The molecule has 0 fully saturated rings. The minimum Gasteiger partial charge on any atom is -0.394 e. The zero-order valence-electron chi connectivity index (χ0n) is 10.8. The van der Waals surface area contributed by atoms with Crippen LogP contribution in [0.25, 0.3) is 0 Å². The number of likely N-dealkylation sites (N-methyl/N-ethyl adjacent to an activating group) is 1. The van der Waals surface area contributed by atoms with Crippen molar-refractivity contribution in [2.24, 2.45) is 0 Å². The van der Waals surface area contributed by atoms with Crippen molar-refractivity contribution in [2.75, 3.05) is 26.9 Å². The average Bonchev–Trinajstić information content (AvgIpc) is 2.41. The van der Waals surface area contributed by atoms with E-state index >= 15 is 0 Å². The Morgan fingerprint density at radius 1 is 1.24 bits per heavy atom. The summed E-state index contributed by atoms with van der Waals surface area (Å²) in [6, 6.07) is 10.0. The van der Waals surface area contributed by atoms with Crippen LogP contribution in [0.1, 0.15) is 25.3 Å². The van der Waals surface area contributed by atoms with Crippen LogP contribution in [0.5, 0.6) is 0 Å². The maximum atomic E-state index is 9.67. The van der Waals surface area contributed by atoms with Crippen molar-refractivity contribution in [2.45, 2.75) is 25.3 Å². The third kappa shape index (κ3) is 3.80. The normalized spacial score (nSPS) is 14.5. The van der Waals surface area contributed by atoms with Crippen molar-refractivity contribution in [3.63, 3.8) is 0 Å². The highest BCUT2D eigenvalue weighted by molar-refractivity contribution is 5.24. The van der Waals surface area contributed by atoms with Gasteiger partial charge in [-0.2, -0.15) is 0 Å². The first kappa shape index (κ1) is 14.2. The van der Waals surface area contributed by atoms with Crippen LogP contribution in [-0.4, -0.2) is 32.0 Å². The number of ether oxygens (including phenoxy) is 1. The lowest BCUT2D eigenvalue weighted by molar-refractivity contribution is 0.0825. The highest BCUT2D eigenvalue weighted by atomic mass is 16.5. The third-order valence-electron chi connectivity index (χ3n) is 3.10. The lowest BCUT2D eigenvalue weighted by atomic mass is 9.88. The topological polar surface area (TPSA) is 41.5 Å². The Labute approximate surface area is 104 Å². The van der Waals surface area contributed by atoms with E-state index in [4.69, 9.17) is 4.74 Å². The summed E-state index contributed by atoms with van der Waals surface area (Å²) >= 11 is 0. The zero-order valence-corrected chi connectivity index (χ0v) is 10.8. The molecule has 0 aliphatic rings. The standard InChI is InChI=1S/C14H23NO2/c1-3-10-17-11-9-14(12-16,15-2)13-7-5-4-6-8-13/h4-8,15-16H,3,9-12H2,1-2H3. The minimum absolute atomic E-state index is 0.0724. The summed E-state index contributed by atoms with van der Waals surface area (Å²) in [6.45, 7) is 3.60. The molecule has 1 aromatic carbocycles. The lowest BCUT2D eigenvalue weighted by Gasteiger charge is -2.32. The Morgan fingerprint density at radius 2 is 1.94 bits per heavy atom. The van der Waals surface area contributed by atoms with Crippen molar-refractivity contribution in [1.82, 2.24) is 5.32 Å². The predicted octanol–water partition coefficient (Wildman–Crippen LogP) is 1.91. The fraction of sp³-hybridized carbons (Fsp3) is 0.571. The summed E-state index contributed by atoms with van der Waals surface area (Å²) in [5.41, 5.74) is 0.708. The Kier molecular flexibility index (Phi) is 6.19. The van der Waals surface area contributed by atoms with E-state index in [1.807, 2.05) is 37.4 Å². The van der Waals surface area contributed by atoms with Crippen LogP contribution in [0.2, 0.25) is 0 Å². The van der Waals surface area contributed by atoms with E-state index in [-0.39, 0.29) is 6.61 Å². The van der Waals surface area contributed by atoms with Gasteiger partial charge in [0, 0.05) is 13.2 Å². The van der Waals surface area contributed by atoms with E-state index in [9.17, 15) is 5.11 Å². The molecule has 17 heavy (non-hydrogen) atoms. The van der Waals surface area contributed by atoms with E-state index in [1.165, 1.54) is 0 Å². The van der Waals surface area contributed by atoms with E-state index in [2.05, 4.69) is 12.2 Å². The Bertz CT molecular complexity index is 296. The molecule has 0 amide bonds. The molecule has 0 heterocycles. The number of hydrogen-bond donors (Lipinski definition) is 2. The highest BCUT2D eigenvalue weighted by Crippen LogP contribution is 2.24. The van der Waals surface area contributed by atoms with Crippen LogP contribution >= 0.6 is 0 Å². The summed E-state index contributed by atoms with van der Waals surface area (Å²) in [7, 11) is 1.88. The molecule has 3 nitrogen and oxygen atoms in total. The SMILES string of the molecule is CCCOCCC(CO)(NC)c1ccccc1. The van der Waals surface area contributed by atoms with Gasteiger partial charge in [0.1, 0.15) is 0 Å². The first-order chi connectivity index (χ1) is 8.29. The second kappa shape index (κ2) is 7.43. The Hall–Kier alpha value is -0.900. The molecule has 1 rings (SSSR count). The lowest BCUT2D eigenvalue weighted by Crippen LogP contribution is -2.44. The van der Waals surface area contributed by atoms with Crippen LogP contribution in [0, 0.1) is 0 Å². The van der Waals surface area contributed by atoms with Crippen molar-refractivity contribution in [1.29, 1.82) is 0 Å². The number of benzene rings is 1. The number of hydrogen-bond acceptors (Lipinski definition) is 3. The van der Waals surface area contributed by atoms with Crippen molar-refractivity contribution < 1.29 is 9.84 Å². The molecule has 0 spiro atoms. The monoisotopic (exact) mass is 237 g/mol. The van der Waals surface area contributed by atoms with Crippen molar-refractivity contribution in [3.05, 3.63) is 35.9 Å².